The average Bonchev–Trinajstić information content (AvgIpc) is 2.30. The summed E-state index contributed by atoms with van der Waals surface area (Å²) in [5.41, 5.74) is 0.498. The predicted molar refractivity (Wildman–Crippen MR) is 59.6 cm³/mol. The molecule has 0 radical (unpaired) electrons. The molecule has 0 unspecified atom stereocenters. The molecule has 0 aromatic heterocycles. The number of nitrogens with one attached hydrogen (secondary N) is 1. The number of carbonyl (C=O) groups is 1. The molecule has 5 nitrogen and oxygen atoms in total. The summed E-state index contributed by atoms with van der Waals surface area (Å²) in [6, 6.07) is 8.58. The van der Waals surface area contributed by atoms with Crippen LogP contribution in [0.15, 0.2) is 30.3 Å². The zero-order valence-electron chi connectivity index (χ0n) is 8.84. The Morgan fingerprint density at radius 3 is 2.50 bits per heavy atom. The van der Waals surface area contributed by atoms with Crippen LogP contribution in [-0.2, 0) is 14.3 Å². The summed E-state index contributed by atoms with van der Waals surface area (Å²) in [7, 11) is -2.42. The summed E-state index contributed by atoms with van der Waals surface area (Å²) < 4.78 is 26.1. The van der Waals surface area contributed by atoms with Crippen LogP contribution in [0.2, 0.25) is 0 Å². The van der Waals surface area contributed by atoms with Crippen LogP contribution in [0.1, 0.15) is 10.4 Å². The Hall–Kier alpha value is -1.40. The molecule has 6 heteroatoms. The van der Waals surface area contributed by atoms with E-state index in [1.807, 2.05) is 0 Å². The van der Waals surface area contributed by atoms with E-state index >= 15 is 0 Å². The minimum absolute atomic E-state index is 0.0316. The molecule has 0 aliphatic heterocycles. The maximum atomic E-state index is 11.5. The highest BCUT2D eigenvalue weighted by atomic mass is 32.2. The van der Waals surface area contributed by atoms with Gasteiger partial charge in [-0.1, -0.05) is 18.2 Å². The lowest BCUT2D eigenvalue weighted by molar-refractivity contribution is 0.0956. The molecule has 0 fully saturated rings. The SMILES string of the molecule is COS(=O)(=O)CCNC(=O)c1ccccc1. The highest BCUT2D eigenvalue weighted by molar-refractivity contribution is 7.86. The molecule has 16 heavy (non-hydrogen) atoms. The van der Waals surface area contributed by atoms with E-state index in [4.69, 9.17) is 0 Å². The van der Waals surface area contributed by atoms with Gasteiger partial charge < -0.3 is 5.32 Å². The molecule has 0 spiro atoms. The van der Waals surface area contributed by atoms with E-state index in [0.29, 0.717) is 5.56 Å². The fraction of sp³-hybridized carbons (Fsp3) is 0.300. The van der Waals surface area contributed by atoms with E-state index in [2.05, 4.69) is 9.50 Å². The summed E-state index contributed by atoms with van der Waals surface area (Å²) in [5, 5.41) is 2.49. The fourth-order valence-electron chi connectivity index (χ4n) is 1.06. The molecule has 1 N–H and O–H groups in total. The highest BCUT2D eigenvalue weighted by Crippen LogP contribution is 1.97. The van der Waals surface area contributed by atoms with Crippen molar-refractivity contribution in [3.05, 3.63) is 35.9 Å². The molecule has 0 atom stereocenters. The molecule has 1 rings (SSSR count). The van der Waals surface area contributed by atoms with E-state index in [1.165, 1.54) is 0 Å². The van der Waals surface area contributed by atoms with E-state index in [1.54, 1.807) is 30.3 Å². The van der Waals surface area contributed by atoms with Crippen molar-refractivity contribution in [1.29, 1.82) is 0 Å². The Morgan fingerprint density at radius 2 is 1.94 bits per heavy atom. The van der Waals surface area contributed by atoms with Gasteiger partial charge in [-0.2, -0.15) is 8.42 Å². The number of benzene rings is 1. The van der Waals surface area contributed by atoms with Crippen LogP contribution in [0.25, 0.3) is 0 Å². The Morgan fingerprint density at radius 1 is 1.31 bits per heavy atom. The highest BCUT2D eigenvalue weighted by Gasteiger charge is 2.09. The van der Waals surface area contributed by atoms with Crippen LogP contribution in [0.5, 0.6) is 0 Å². The number of hydrogen-bond acceptors (Lipinski definition) is 4. The van der Waals surface area contributed by atoms with Gasteiger partial charge in [0, 0.05) is 12.1 Å². The van der Waals surface area contributed by atoms with Gasteiger partial charge in [0.2, 0.25) is 0 Å². The number of rotatable bonds is 5. The van der Waals surface area contributed by atoms with Crippen molar-refractivity contribution >= 4 is 16.0 Å². The molecule has 0 saturated heterocycles. The first-order valence-electron chi connectivity index (χ1n) is 4.67. The zero-order chi connectivity index (χ0) is 12.0. The van der Waals surface area contributed by atoms with Crippen molar-refractivity contribution < 1.29 is 17.4 Å². The normalized spacial score (nSPS) is 11.1. The van der Waals surface area contributed by atoms with E-state index in [9.17, 15) is 13.2 Å². The smallest absolute Gasteiger partial charge is 0.268 e. The molecule has 88 valence electrons. The monoisotopic (exact) mass is 243 g/mol. The van der Waals surface area contributed by atoms with Gasteiger partial charge in [-0.15, -0.1) is 0 Å². The summed E-state index contributed by atoms with van der Waals surface area (Å²) >= 11 is 0. The van der Waals surface area contributed by atoms with Crippen molar-refractivity contribution in [1.82, 2.24) is 5.32 Å². The summed E-state index contributed by atoms with van der Waals surface area (Å²) in [5.74, 6) is -0.533. The van der Waals surface area contributed by atoms with E-state index < -0.39 is 10.1 Å². The number of amides is 1. The standard InChI is InChI=1S/C10H13NO4S/c1-15-16(13,14)8-7-11-10(12)9-5-3-2-4-6-9/h2-6H,7-8H2,1H3,(H,11,12). The lowest BCUT2D eigenvalue weighted by atomic mass is 10.2. The largest absolute Gasteiger partial charge is 0.351 e. The first-order valence-corrected chi connectivity index (χ1v) is 6.24. The van der Waals surface area contributed by atoms with E-state index in [-0.39, 0.29) is 18.2 Å². The third kappa shape index (κ3) is 4.00. The second-order valence-electron chi connectivity index (χ2n) is 3.05. The van der Waals surface area contributed by atoms with Gasteiger partial charge in [-0.3, -0.25) is 8.98 Å². The molecular formula is C10H13NO4S. The molecule has 0 aliphatic rings. The summed E-state index contributed by atoms with van der Waals surface area (Å²) in [6.07, 6.45) is 0. The lowest BCUT2D eigenvalue weighted by Crippen LogP contribution is -2.29. The van der Waals surface area contributed by atoms with Gasteiger partial charge in [0.05, 0.1) is 12.9 Å². The van der Waals surface area contributed by atoms with E-state index in [0.717, 1.165) is 7.11 Å². The third-order valence-corrected chi connectivity index (χ3v) is 3.14. The van der Waals surface area contributed by atoms with Gasteiger partial charge in [0.15, 0.2) is 0 Å². The minimum Gasteiger partial charge on any atom is -0.351 e. The molecule has 1 aromatic carbocycles. The second kappa shape index (κ2) is 5.62. The molecule has 1 aromatic rings. The topological polar surface area (TPSA) is 72.5 Å². The Bertz CT molecular complexity index is 441. The van der Waals surface area contributed by atoms with Crippen molar-refractivity contribution in [3.8, 4) is 0 Å². The molecule has 0 heterocycles. The zero-order valence-corrected chi connectivity index (χ0v) is 9.66. The molecule has 0 bridgehead atoms. The minimum atomic E-state index is -3.51. The summed E-state index contributed by atoms with van der Waals surface area (Å²) in [4.78, 5) is 11.5. The van der Waals surface area contributed by atoms with Crippen LogP contribution in [0, 0.1) is 0 Å². The van der Waals surface area contributed by atoms with Crippen molar-refractivity contribution in [2.75, 3.05) is 19.4 Å². The lowest BCUT2D eigenvalue weighted by Gasteiger charge is -2.04. The Labute approximate surface area is 94.6 Å². The fourth-order valence-corrected chi connectivity index (χ4v) is 1.58. The molecule has 0 aliphatic carbocycles. The van der Waals surface area contributed by atoms with Crippen molar-refractivity contribution in [2.45, 2.75) is 0 Å². The number of hydrogen-bond donors (Lipinski definition) is 1. The molecular weight excluding hydrogens is 230 g/mol. The van der Waals surface area contributed by atoms with Crippen molar-refractivity contribution in [2.24, 2.45) is 0 Å². The van der Waals surface area contributed by atoms with Crippen LogP contribution in [-0.4, -0.2) is 33.7 Å². The Balaban J connectivity index is 2.43. The third-order valence-electron chi connectivity index (χ3n) is 1.93. The Kier molecular flexibility index (Phi) is 4.45. The van der Waals surface area contributed by atoms with Gasteiger partial charge in [-0.05, 0) is 12.1 Å². The number of carbonyl (C=O) groups excluding carboxylic acids is 1. The average molecular weight is 243 g/mol. The first kappa shape index (κ1) is 12.7. The maximum Gasteiger partial charge on any atom is 0.268 e. The van der Waals surface area contributed by atoms with Crippen LogP contribution >= 0.6 is 0 Å². The molecule has 1 amide bonds. The first-order chi connectivity index (χ1) is 7.55. The van der Waals surface area contributed by atoms with Gasteiger partial charge in [0.1, 0.15) is 0 Å². The van der Waals surface area contributed by atoms with Gasteiger partial charge in [0.25, 0.3) is 16.0 Å². The van der Waals surface area contributed by atoms with Crippen LogP contribution in [0.4, 0.5) is 0 Å². The van der Waals surface area contributed by atoms with Crippen LogP contribution in [0.3, 0.4) is 0 Å². The van der Waals surface area contributed by atoms with Gasteiger partial charge >= 0.3 is 0 Å². The predicted octanol–water partition coefficient (Wildman–Crippen LogP) is 0.393. The maximum absolute atomic E-state index is 11.5. The van der Waals surface area contributed by atoms with Gasteiger partial charge in [-0.25, -0.2) is 0 Å². The summed E-state index contributed by atoms with van der Waals surface area (Å²) in [6.45, 7) is 0.0316. The molecule has 0 saturated carbocycles. The second-order valence-corrected chi connectivity index (χ2v) is 4.91. The van der Waals surface area contributed by atoms with Crippen molar-refractivity contribution in [3.63, 3.8) is 0 Å². The quantitative estimate of drug-likeness (QED) is 0.759. The van der Waals surface area contributed by atoms with Crippen LogP contribution < -0.4 is 5.32 Å².